The van der Waals surface area contributed by atoms with E-state index in [1.165, 1.54) is 0 Å². The Kier molecular flexibility index (Phi) is 6.76. The largest absolute Gasteiger partial charge is 0.254 e. The van der Waals surface area contributed by atoms with Crippen LogP contribution in [0.15, 0.2) is 170 Å². The van der Waals surface area contributed by atoms with Crippen molar-refractivity contribution in [3.8, 4) is 56.0 Å². The third-order valence-electron chi connectivity index (χ3n) is 8.88. The minimum absolute atomic E-state index is 0.864. The van der Waals surface area contributed by atoms with E-state index in [1.54, 1.807) is 0 Å². The Bertz CT molecular complexity index is 2610. The lowest BCUT2D eigenvalue weighted by molar-refractivity contribution is 1.29. The lowest BCUT2D eigenvalue weighted by atomic mass is 9.96. The third-order valence-corrected chi connectivity index (χ3v) is 8.88. The summed E-state index contributed by atoms with van der Waals surface area (Å²) in [4.78, 5) is 20.0. The average molecular weight is 613 g/mol. The van der Waals surface area contributed by atoms with E-state index in [2.05, 4.69) is 126 Å². The van der Waals surface area contributed by atoms with Gasteiger partial charge in [-0.15, -0.1) is 0 Å². The first kappa shape index (κ1) is 27.8. The average Bonchev–Trinajstić information content (AvgIpc) is 3.17. The first-order chi connectivity index (χ1) is 23.8. The molecule has 4 heteroatoms. The normalized spacial score (nSPS) is 11.3. The van der Waals surface area contributed by atoms with E-state index in [0.717, 1.165) is 88.9 Å². The van der Waals surface area contributed by atoms with Crippen molar-refractivity contribution in [2.45, 2.75) is 0 Å². The molecule has 224 valence electrons. The van der Waals surface area contributed by atoms with Gasteiger partial charge >= 0.3 is 0 Å². The number of aromatic nitrogens is 4. The molecule has 0 radical (unpaired) electrons. The number of pyridine rings is 2. The topological polar surface area (TPSA) is 51.6 Å². The van der Waals surface area contributed by atoms with Crippen molar-refractivity contribution in [3.05, 3.63) is 170 Å². The molecule has 6 aromatic carbocycles. The Morgan fingerprint density at radius 1 is 0.312 bits per heavy atom. The number of rotatable bonds is 5. The third kappa shape index (κ3) is 5.06. The van der Waals surface area contributed by atoms with E-state index >= 15 is 0 Å². The lowest BCUT2D eigenvalue weighted by Gasteiger charge is -2.12. The van der Waals surface area contributed by atoms with Crippen molar-refractivity contribution in [2.75, 3.05) is 0 Å². The zero-order valence-corrected chi connectivity index (χ0v) is 26.0. The molecule has 0 saturated heterocycles. The van der Waals surface area contributed by atoms with E-state index in [1.807, 2.05) is 48.7 Å². The van der Waals surface area contributed by atoms with Gasteiger partial charge in [-0.2, -0.15) is 0 Å². The van der Waals surface area contributed by atoms with Crippen LogP contribution < -0.4 is 0 Å². The van der Waals surface area contributed by atoms with Gasteiger partial charge in [0.1, 0.15) is 0 Å². The van der Waals surface area contributed by atoms with Crippen LogP contribution in [0.5, 0.6) is 0 Å². The van der Waals surface area contributed by atoms with Crippen molar-refractivity contribution in [2.24, 2.45) is 0 Å². The second-order valence-electron chi connectivity index (χ2n) is 11.9. The highest BCUT2D eigenvalue weighted by molar-refractivity contribution is 6.03. The van der Waals surface area contributed by atoms with Crippen LogP contribution in [0.25, 0.3) is 88.9 Å². The number of fused-ring (bicyclic) bond motifs is 4. The van der Waals surface area contributed by atoms with Gasteiger partial charge < -0.3 is 0 Å². The molecular formula is C44H28N4. The molecule has 0 N–H and O–H groups in total. The predicted octanol–water partition coefficient (Wildman–Crippen LogP) is 11.1. The highest BCUT2D eigenvalue weighted by Crippen LogP contribution is 2.34. The van der Waals surface area contributed by atoms with Crippen LogP contribution in [0, 0.1) is 0 Å². The molecule has 9 rings (SSSR count). The fourth-order valence-corrected chi connectivity index (χ4v) is 6.45. The molecule has 0 atom stereocenters. The van der Waals surface area contributed by atoms with Crippen molar-refractivity contribution in [1.29, 1.82) is 0 Å². The SMILES string of the molecule is c1ccc(-c2nc3ccc(-c4cccc(-c5cccc(-c6ccc7ccc8cccnc8c7n6)c5)c4)cc3nc2-c2ccccc2)cc1. The molecule has 0 bridgehead atoms. The van der Waals surface area contributed by atoms with Crippen LogP contribution >= 0.6 is 0 Å². The van der Waals surface area contributed by atoms with Crippen LogP contribution in [-0.2, 0) is 0 Å². The minimum atomic E-state index is 0.864. The highest BCUT2D eigenvalue weighted by atomic mass is 14.8. The smallest absolute Gasteiger partial charge is 0.0973 e. The molecule has 48 heavy (non-hydrogen) atoms. The Hall–Kier alpha value is -6.52. The van der Waals surface area contributed by atoms with Crippen LogP contribution in [0.3, 0.4) is 0 Å². The lowest BCUT2D eigenvalue weighted by Crippen LogP contribution is -1.95. The Morgan fingerprint density at radius 2 is 0.854 bits per heavy atom. The van der Waals surface area contributed by atoms with Crippen LogP contribution in [0.1, 0.15) is 0 Å². The summed E-state index contributed by atoms with van der Waals surface area (Å²) >= 11 is 0. The van der Waals surface area contributed by atoms with Crippen LogP contribution in [0.4, 0.5) is 0 Å². The predicted molar refractivity (Wildman–Crippen MR) is 197 cm³/mol. The van der Waals surface area contributed by atoms with Gasteiger partial charge in [0.05, 0.1) is 39.1 Å². The molecule has 3 aromatic heterocycles. The summed E-state index contributed by atoms with van der Waals surface area (Å²) in [6, 6.07) is 56.7. The zero-order valence-electron chi connectivity index (χ0n) is 26.0. The summed E-state index contributed by atoms with van der Waals surface area (Å²) in [5.41, 5.74) is 13.9. The number of benzene rings is 6. The van der Waals surface area contributed by atoms with Crippen molar-refractivity contribution in [3.63, 3.8) is 0 Å². The molecule has 0 fully saturated rings. The van der Waals surface area contributed by atoms with E-state index < -0.39 is 0 Å². The second-order valence-corrected chi connectivity index (χ2v) is 11.9. The highest BCUT2D eigenvalue weighted by Gasteiger charge is 2.14. The molecule has 9 aromatic rings. The van der Waals surface area contributed by atoms with Crippen molar-refractivity contribution in [1.82, 2.24) is 19.9 Å². The van der Waals surface area contributed by atoms with Gasteiger partial charge in [-0.1, -0.05) is 127 Å². The quantitative estimate of drug-likeness (QED) is 0.181. The monoisotopic (exact) mass is 612 g/mol. The molecular weight excluding hydrogens is 585 g/mol. The Balaban J connectivity index is 1.10. The molecule has 0 amide bonds. The fraction of sp³-hybridized carbons (Fsp3) is 0. The molecule has 4 nitrogen and oxygen atoms in total. The van der Waals surface area contributed by atoms with E-state index in [-0.39, 0.29) is 0 Å². The van der Waals surface area contributed by atoms with Crippen LogP contribution in [-0.4, -0.2) is 19.9 Å². The minimum Gasteiger partial charge on any atom is -0.254 e. The van der Waals surface area contributed by atoms with E-state index in [0.29, 0.717) is 0 Å². The zero-order chi connectivity index (χ0) is 31.9. The molecule has 0 aliphatic heterocycles. The summed E-state index contributed by atoms with van der Waals surface area (Å²) in [6.07, 6.45) is 1.83. The summed E-state index contributed by atoms with van der Waals surface area (Å²) in [5.74, 6) is 0. The first-order valence-corrected chi connectivity index (χ1v) is 16.1. The number of hydrogen-bond donors (Lipinski definition) is 0. The Morgan fingerprint density at radius 3 is 1.54 bits per heavy atom. The Labute approximate surface area is 278 Å². The van der Waals surface area contributed by atoms with Gasteiger partial charge in [0.2, 0.25) is 0 Å². The molecule has 0 aliphatic rings. The number of hydrogen-bond acceptors (Lipinski definition) is 4. The molecule has 0 spiro atoms. The van der Waals surface area contributed by atoms with Gasteiger partial charge in [-0.05, 0) is 58.7 Å². The first-order valence-electron chi connectivity index (χ1n) is 16.1. The van der Waals surface area contributed by atoms with Gasteiger partial charge in [-0.25, -0.2) is 15.0 Å². The summed E-state index contributed by atoms with van der Waals surface area (Å²) < 4.78 is 0. The van der Waals surface area contributed by atoms with Crippen molar-refractivity contribution < 1.29 is 0 Å². The molecule has 0 aliphatic carbocycles. The van der Waals surface area contributed by atoms with E-state index in [9.17, 15) is 0 Å². The maximum atomic E-state index is 5.20. The van der Waals surface area contributed by atoms with Crippen molar-refractivity contribution >= 4 is 32.8 Å². The van der Waals surface area contributed by atoms with Gasteiger partial charge in [-0.3, -0.25) is 4.98 Å². The second kappa shape index (κ2) is 11.7. The fourth-order valence-electron chi connectivity index (χ4n) is 6.45. The maximum Gasteiger partial charge on any atom is 0.0973 e. The summed E-state index contributed by atoms with van der Waals surface area (Å²) in [5, 5.41) is 2.17. The van der Waals surface area contributed by atoms with Crippen LogP contribution in [0.2, 0.25) is 0 Å². The summed E-state index contributed by atoms with van der Waals surface area (Å²) in [7, 11) is 0. The molecule has 3 heterocycles. The van der Waals surface area contributed by atoms with Gasteiger partial charge in [0.25, 0.3) is 0 Å². The maximum absolute atomic E-state index is 5.20. The van der Waals surface area contributed by atoms with Gasteiger partial charge in [0.15, 0.2) is 0 Å². The van der Waals surface area contributed by atoms with E-state index in [4.69, 9.17) is 15.0 Å². The van der Waals surface area contributed by atoms with Gasteiger partial charge in [0, 0.05) is 33.7 Å². The summed E-state index contributed by atoms with van der Waals surface area (Å²) in [6.45, 7) is 0. The number of nitrogens with zero attached hydrogens (tertiary/aromatic N) is 4. The standard InChI is InChI=1S/C44H28N4/c1-3-10-29(11-4-1)43-44(30-12-5-2-6-13-30)48-40-28-36(22-24-39(40)47-43)34-15-7-14-33(26-34)35-16-8-17-37(27-35)38-23-21-32-20-19-31-18-9-25-45-41(31)42(32)46-38/h1-28H. The molecule has 0 unspecified atom stereocenters. The molecule has 0 saturated carbocycles.